The first-order valence-electron chi connectivity index (χ1n) is 9.73. The summed E-state index contributed by atoms with van der Waals surface area (Å²) < 4.78 is 5.60. The summed E-state index contributed by atoms with van der Waals surface area (Å²) in [5.41, 5.74) is 2.95. The Labute approximate surface area is 166 Å². The number of aryl methyl sites for hydroxylation is 1. The topological polar surface area (TPSA) is 70.6 Å². The number of amides is 1. The monoisotopic (exact) mass is 383 g/mol. The molecule has 0 spiro atoms. The van der Waals surface area contributed by atoms with Gasteiger partial charge in [-0.2, -0.15) is 0 Å². The van der Waals surface area contributed by atoms with Gasteiger partial charge in [-0.3, -0.25) is 4.79 Å². The van der Waals surface area contributed by atoms with Crippen molar-refractivity contribution in [1.29, 1.82) is 0 Å². The molecule has 7 nitrogen and oxygen atoms in total. The lowest BCUT2D eigenvalue weighted by atomic mass is 10.2. The molecule has 1 aliphatic rings. The average Bonchev–Trinajstić information content (AvgIpc) is 2.78. The van der Waals surface area contributed by atoms with E-state index in [1.54, 1.807) is 6.33 Å². The first-order valence-corrected chi connectivity index (χ1v) is 9.73. The standard InChI is InChI=1S/C21H29N5O2/c1-15(2)28-10-6-9-22-20-18-12-26(17-8-5-7-16(3)11-17)19(27)13-25(4)21(18)24-14-23-20/h5,7-8,11,14-15H,6,9-10,12-13H2,1-4H3,(H,22,23,24). The number of fused-ring (bicyclic) bond motifs is 1. The van der Waals surface area contributed by atoms with Gasteiger partial charge in [-0.25, -0.2) is 9.97 Å². The fourth-order valence-electron chi connectivity index (χ4n) is 3.27. The summed E-state index contributed by atoms with van der Waals surface area (Å²) in [5, 5.41) is 3.40. The van der Waals surface area contributed by atoms with Crippen molar-refractivity contribution in [3.8, 4) is 0 Å². The molecule has 0 fully saturated rings. The zero-order valence-corrected chi connectivity index (χ0v) is 17.1. The molecule has 150 valence electrons. The fraction of sp³-hybridized carbons (Fsp3) is 0.476. The summed E-state index contributed by atoms with van der Waals surface area (Å²) in [5.74, 6) is 1.61. The van der Waals surface area contributed by atoms with Crippen LogP contribution in [0.3, 0.4) is 0 Å². The lowest BCUT2D eigenvalue weighted by Gasteiger charge is -2.22. The molecule has 0 bridgehead atoms. The smallest absolute Gasteiger partial charge is 0.246 e. The quantitative estimate of drug-likeness (QED) is 0.741. The van der Waals surface area contributed by atoms with Gasteiger partial charge in [0.1, 0.15) is 18.0 Å². The number of aromatic nitrogens is 2. The number of hydrogen-bond donors (Lipinski definition) is 1. The lowest BCUT2D eigenvalue weighted by Crippen LogP contribution is -2.35. The number of carbonyl (C=O) groups excluding carboxylic acids is 1. The second-order valence-corrected chi connectivity index (χ2v) is 7.40. The predicted octanol–water partition coefficient (Wildman–Crippen LogP) is 3.00. The third-order valence-corrected chi connectivity index (χ3v) is 4.65. The second-order valence-electron chi connectivity index (χ2n) is 7.40. The fourth-order valence-corrected chi connectivity index (χ4v) is 3.27. The van der Waals surface area contributed by atoms with E-state index in [1.165, 1.54) is 0 Å². The molecule has 1 aliphatic heterocycles. The Morgan fingerprint density at radius 3 is 2.82 bits per heavy atom. The molecule has 0 unspecified atom stereocenters. The Bertz CT molecular complexity index is 824. The van der Waals surface area contributed by atoms with Crippen molar-refractivity contribution >= 4 is 23.2 Å². The van der Waals surface area contributed by atoms with E-state index < -0.39 is 0 Å². The molecule has 1 aromatic carbocycles. The molecule has 3 rings (SSSR count). The highest BCUT2D eigenvalue weighted by Gasteiger charge is 2.28. The van der Waals surface area contributed by atoms with E-state index in [9.17, 15) is 4.79 Å². The molecule has 7 heteroatoms. The molecule has 1 N–H and O–H groups in total. The Kier molecular flexibility index (Phi) is 6.46. The summed E-state index contributed by atoms with van der Waals surface area (Å²) in [6.45, 7) is 8.26. The van der Waals surface area contributed by atoms with Crippen LogP contribution in [-0.2, 0) is 16.1 Å². The van der Waals surface area contributed by atoms with Crippen molar-refractivity contribution in [2.75, 3.05) is 41.9 Å². The van der Waals surface area contributed by atoms with Crippen molar-refractivity contribution < 1.29 is 9.53 Å². The van der Waals surface area contributed by atoms with Gasteiger partial charge in [-0.15, -0.1) is 0 Å². The van der Waals surface area contributed by atoms with Crippen LogP contribution in [0.15, 0.2) is 30.6 Å². The Hall–Kier alpha value is -2.67. The number of nitrogens with zero attached hydrogens (tertiary/aromatic N) is 4. The first-order chi connectivity index (χ1) is 13.5. The van der Waals surface area contributed by atoms with Crippen molar-refractivity contribution in [2.24, 2.45) is 0 Å². The number of likely N-dealkylation sites (N-methyl/N-ethyl adjacent to an activating group) is 1. The molecule has 1 amide bonds. The van der Waals surface area contributed by atoms with Crippen molar-refractivity contribution in [2.45, 2.75) is 39.8 Å². The maximum Gasteiger partial charge on any atom is 0.246 e. The average molecular weight is 383 g/mol. The Balaban J connectivity index is 1.82. The molecule has 0 aliphatic carbocycles. The zero-order valence-electron chi connectivity index (χ0n) is 17.1. The van der Waals surface area contributed by atoms with Gasteiger partial charge in [0.05, 0.1) is 24.8 Å². The molecular formula is C21H29N5O2. The van der Waals surface area contributed by atoms with E-state index in [1.807, 2.05) is 61.9 Å². The van der Waals surface area contributed by atoms with Crippen molar-refractivity contribution in [3.05, 3.63) is 41.7 Å². The highest BCUT2D eigenvalue weighted by molar-refractivity contribution is 5.97. The van der Waals surface area contributed by atoms with Gasteiger partial charge < -0.3 is 19.9 Å². The minimum Gasteiger partial charge on any atom is -0.379 e. The van der Waals surface area contributed by atoms with Crippen LogP contribution in [0.1, 0.15) is 31.4 Å². The normalized spacial score (nSPS) is 14.2. The summed E-state index contributed by atoms with van der Waals surface area (Å²) in [7, 11) is 1.89. The third kappa shape index (κ3) is 4.78. The van der Waals surface area contributed by atoms with E-state index in [0.717, 1.165) is 41.4 Å². The van der Waals surface area contributed by atoms with E-state index >= 15 is 0 Å². The summed E-state index contributed by atoms with van der Waals surface area (Å²) in [6.07, 6.45) is 2.67. The van der Waals surface area contributed by atoms with Crippen LogP contribution in [0.4, 0.5) is 17.3 Å². The van der Waals surface area contributed by atoms with Crippen molar-refractivity contribution in [3.63, 3.8) is 0 Å². The molecule has 28 heavy (non-hydrogen) atoms. The Morgan fingerprint density at radius 2 is 2.07 bits per heavy atom. The van der Waals surface area contributed by atoms with E-state index in [0.29, 0.717) is 13.2 Å². The highest BCUT2D eigenvalue weighted by atomic mass is 16.5. The van der Waals surface area contributed by atoms with Gasteiger partial charge in [0.2, 0.25) is 5.91 Å². The molecular weight excluding hydrogens is 354 g/mol. The van der Waals surface area contributed by atoms with Crippen LogP contribution in [0.5, 0.6) is 0 Å². The number of hydrogen-bond acceptors (Lipinski definition) is 6. The number of nitrogens with one attached hydrogen (secondary N) is 1. The van der Waals surface area contributed by atoms with Crippen LogP contribution < -0.4 is 15.1 Å². The number of anilines is 3. The molecule has 0 radical (unpaired) electrons. The Morgan fingerprint density at radius 1 is 1.25 bits per heavy atom. The van der Waals surface area contributed by atoms with Gasteiger partial charge >= 0.3 is 0 Å². The van der Waals surface area contributed by atoms with E-state index in [2.05, 4.69) is 15.3 Å². The minimum atomic E-state index is 0.0439. The molecule has 0 atom stereocenters. The number of ether oxygens (including phenoxy) is 1. The maximum absolute atomic E-state index is 12.9. The van der Waals surface area contributed by atoms with Gasteiger partial charge in [-0.1, -0.05) is 12.1 Å². The van der Waals surface area contributed by atoms with Gasteiger partial charge in [-0.05, 0) is 44.9 Å². The van der Waals surface area contributed by atoms with Crippen LogP contribution >= 0.6 is 0 Å². The number of carbonyl (C=O) groups is 1. The van der Waals surface area contributed by atoms with Crippen molar-refractivity contribution in [1.82, 2.24) is 9.97 Å². The van der Waals surface area contributed by atoms with Crippen LogP contribution in [-0.4, -0.2) is 48.7 Å². The molecule has 0 saturated carbocycles. The minimum absolute atomic E-state index is 0.0439. The zero-order chi connectivity index (χ0) is 20.1. The molecule has 1 aromatic heterocycles. The largest absolute Gasteiger partial charge is 0.379 e. The van der Waals surface area contributed by atoms with Gasteiger partial charge in [0.25, 0.3) is 0 Å². The number of benzene rings is 1. The van der Waals surface area contributed by atoms with Gasteiger partial charge in [0.15, 0.2) is 0 Å². The summed E-state index contributed by atoms with van der Waals surface area (Å²) in [6, 6.07) is 8.00. The lowest BCUT2D eigenvalue weighted by molar-refractivity contribution is -0.117. The van der Waals surface area contributed by atoms with E-state index in [4.69, 9.17) is 4.74 Å². The van der Waals surface area contributed by atoms with Crippen LogP contribution in [0.25, 0.3) is 0 Å². The highest BCUT2D eigenvalue weighted by Crippen LogP contribution is 2.30. The van der Waals surface area contributed by atoms with E-state index in [-0.39, 0.29) is 18.6 Å². The summed E-state index contributed by atoms with van der Waals surface area (Å²) >= 11 is 0. The summed E-state index contributed by atoms with van der Waals surface area (Å²) in [4.78, 5) is 25.5. The SMILES string of the molecule is Cc1cccc(N2Cc3c(NCCCOC(C)C)ncnc3N(C)CC2=O)c1. The van der Waals surface area contributed by atoms with Gasteiger partial charge in [0, 0.05) is 25.9 Å². The maximum atomic E-state index is 12.9. The second kappa shape index (κ2) is 9.01. The number of rotatable bonds is 7. The van der Waals surface area contributed by atoms with Crippen LogP contribution in [0.2, 0.25) is 0 Å². The third-order valence-electron chi connectivity index (χ3n) is 4.65. The molecule has 2 aromatic rings. The first kappa shape index (κ1) is 20.1. The predicted molar refractivity (Wildman–Crippen MR) is 112 cm³/mol. The molecule has 0 saturated heterocycles. The molecule has 2 heterocycles. The van der Waals surface area contributed by atoms with Crippen LogP contribution in [0, 0.1) is 6.92 Å².